The van der Waals surface area contributed by atoms with E-state index in [2.05, 4.69) is 4.98 Å². The van der Waals surface area contributed by atoms with Crippen LogP contribution in [0.25, 0.3) is 0 Å². The minimum absolute atomic E-state index is 0.111. The molecule has 0 saturated carbocycles. The van der Waals surface area contributed by atoms with Crippen LogP contribution < -0.4 is 9.47 Å². The van der Waals surface area contributed by atoms with Crippen LogP contribution in [0, 0.1) is 0 Å². The van der Waals surface area contributed by atoms with E-state index in [1.54, 1.807) is 59.5 Å². The summed E-state index contributed by atoms with van der Waals surface area (Å²) in [6.07, 6.45) is 1.60. The van der Waals surface area contributed by atoms with Gasteiger partial charge in [0.25, 0.3) is 11.8 Å². The van der Waals surface area contributed by atoms with Crippen molar-refractivity contribution < 1.29 is 19.1 Å². The number of hydrogen-bond donors (Lipinski definition) is 0. The van der Waals surface area contributed by atoms with Gasteiger partial charge in [0.05, 0.1) is 19.8 Å². The van der Waals surface area contributed by atoms with Crippen molar-refractivity contribution in [1.29, 1.82) is 0 Å². The van der Waals surface area contributed by atoms with Crippen LogP contribution in [-0.2, 0) is 0 Å². The van der Waals surface area contributed by atoms with Crippen molar-refractivity contribution >= 4 is 11.8 Å². The molecule has 0 radical (unpaired) electrons. The van der Waals surface area contributed by atoms with Crippen molar-refractivity contribution in [2.24, 2.45) is 0 Å². The Hall–Kier alpha value is -3.09. The zero-order valence-corrected chi connectivity index (χ0v) is 14.8. The topological polar surface area (TPSA) is 72.0 Å². The van der Waals surface area contributed by atoms with E-state index < -0.39 is 0 Å². The number of amides is 2. The van der Waals surface area contributed by atoms with Gasteiger partial charge in [0.1, 0.15) is 17.2 Å². The molecule has 1 fully saturated rings. The second kappa shape index (κ2) is 7.86. The third-order valence-corrected chi connectivity index (χ3v) is 4.38. The maximum absolute atomic E-state index is 12.8. The van der Waals surface area contributed by atoms with Crippen LogP contribution in [0.1, 0.15) is 20.8 Å². The van der Waals surface area contributed by atoms with Gasteiger partial charge in [-0.2, -0.15) is 0 Å². The lowest BCUT2D eigenvalue weighted by atomic mass is 10.1. The highest BCUT2D eigenvalue weighted by molar-refractivity contribution is 5.97. The van der Waals surface area contributed by atoms with E-state index >= 15 is 0 Å². The van der Waals surface area contributed by atoms with Crippen LogP contribution in [0.4, 0.5) is 0 Å². The summed E-state index contributed by atoms with van der Waals surface area (Å²) in [5, 5.41) is 0. The summed E-state index contributed by atoms with van der Waals surface area (Å²) in [6, 6.07) is 10.4. The lowest BCUT2D eigenvalue weighted by Crippen LogP contribution is -2.50. The predicted molar refractivity (Wildman–Crippen MR) is 95.6 cm³/mol. The van der Waals surface area contributed by atoms with Gasteiger partial charge in [-0.3, -0.25) is 14.6 Å². The van der Waals surface area contributed by atoms with Crippen molar-refractivity contribution in [2.75, 3.05) is 40.4 Å². The first kappa shape index (κ1) is 17.7. The Kier molecular flexibility index (Phi) is 5.36. The van der Waals surface area contributed by atoms with E-state index in [-0.39, 0.29) is 11.8 Å². The van der Waals surface area contributed by atoms with Crippen LogP contribution in [0.15, 0.2) is 42.6 Å². The van der Waals surface area contributed by atoms with Crippen molar-refractivity contribution in [2.45, 2.75) is 0 Å². The SMILES string of the molecule is COc1ccc(C(=O)N2CCN(C(=O)c3ccccn3)CC2)c(OC)c1. The molecule has 26 heavy (non-hydrogen) atoms. The molecule has 0 atom stereocenters. The van der Waals surface area contributed by atoms with E-state index in [0.29, 0.717) is 48.9 Å². The summed E-state index contributed by atoms with van der Waals surface area (Å²) in [6.45, 7) is 1.87. The molecule has 0 N–H and O–H groups in total. The van der Waals surface area contributed by atoms with Crippen LogP contribution in [-0.4, -0.2) is 67.0 Å². The Morgan fingerprint density at radius 1 is 0.923 bits per heavy atom. The number of carbonyl (C=O) groups is 2. The highest BCUT2D eigenvalue weighted by Gasteiger charge is 2.27. The number of aromatic nitrogens is 1. The van der Waals surface area contributed by atoms with Gasteiger partial charge < -0.3 is 19.3 Å². The Labute approximate surface area is 152 Å². The van der Waals surface area contributed by atoms with Crippen molar-refractivity contribution in [3.05, 3.63) is 53.9 Å². The number of carbonyl (C=O) groups excluding carboxylic acids is 2. The summed E-state index contributed by atoms with van der Waals surface area (Å²) in [4.78, 5) is 32.8. The molecule has 2 heterocycles. The third-order valence-electron chi connectivity index (χ3n) is 4.38. The molecule has 1 aliphatic rings. The van der Waals surface area contributed by atoms with E-state index in [1.165, 1.54) is 7.11 Å². The number of nitrogens with zero attached hydrogens (tertiary/aromatic N) is 3. The Bertz CT molecular complexity index is 787. The quantitative estimate of drug-likeness (QED) is 0.835. The van der Waals surface area contributed by atoms with Gasteiger partial charge >= 0.3 is 0 Å². The molecular weight excluding hydrogens is 334 g/mol. The largest absolute Gasteiger partial charge is 0.497 e. The molecule has 1 aromatic carbocycles. The second-order valence-electron chi connectivity index (χ2n) is 5.87. The standard InChI is InChI=1S/C19H21N3O4/c1-25-14-6-7-15(17(13-14)26-2)18(23)21-9-11-22(12-10-21)19(24)16-5-3-4-8-20-16/h3-8,13H,9-12H2,1-2H3. The first-order valence-electron chi connectivity index (χ1n) is 8.35. The first-order valence-corrected chi connectivity index (χ1v) is 8.35. The fourth-order valence-electron chi connectivity index (χ4n) is 2.91. The molecule has 0 aliphatic carbocycles. The zero-order valence-electron chi connectivity index (χ0n) is 14.8. The molecule has 0 bridgehead atoms. The fourth-order valence-corrected chi connectivity index (χ4v) is 2.91. The molecule has 7 heteroatoms. The van der Waals surface area contributed by atoms with E-state index in [9.17, 15) is 9.59 Å². The van der Waals surface area contributed by atoms with Crippen LogP contribution in [0.5, 0.6) is 11.5 Å². The van der Waals surface area contributed by atoms with Gasteiger partial charge in [-0.1, -0.05) is 6.07 Å². The van der Waals surface area contributed by atoms with Gasteiger partial charge in [-0.05, 0) is 24.3 Å². The molecule has 0 unspecified atom stereocenters. The van der Waals surface area contributed by atoms with Gasteiger partial charge in [0.15, 0.2) is 0 Å². The fraction of sp³-hybridized carbons (Fsp3) is 0.316. The maximum atomic E-state index is 12.8. The van der Waals surface area contributed by atoms with Crippen LogP contribution in [0.2, 0.25) is 0 Å². The number of benzene rings is 1. The average molecular weight is 355 g/mol. The van der Waals surface area contributed by atoms with E-state index in [1.807, 2.05) is 0 Å². The highest BCUT2D eigenvalue weighted by atomic mass is 16.5. The van der Waals surface area contributed by atoms with Gasteiger partial charge in [0, 0.05) is 38.4 Å². The molecule has 136 valence electrons. The lowest BCUT2D eigenvalue weighted by Gasteiger charge is -2.34. The molecule has 1 saturated heterocycles. The molecular formula is C19H21N3O4. The zero-order chi connectivity index (χ0) is 18.5. The van der Waals surface area contributed by atoms with Gasteiger partial charge in [0.2, 0.25) is 0 Å². The summed E-state index contributed by atoms with van der Waals surface area (Å²) in [5.74, 6) is 0.875. The number of hydrogen-bond acceptors (Lipinski definition) is 5. The molecule has 2 aromatic rings. The Morgan fingerprint density at radius 2 is 1.62 bits per heavy atom. The van der Waals surface area contributed by atoms with Gasteiger partial charge in [-0.15, -0.1) is 0 Å². The van der Waals surface area contributed by atoms with Crippen molar-refractivity contribution in [1.82, 2.24) is 14.8 Å². The molecule has 7 nitrogen and oxygen atoms in total. The number of rotatable bonds is 4. The number of piperazine rings is 1. The average Bonchev–Trinajstić information content (AvgIpc) is 2.73. The molecule has 1 aliphatic heterocycles. The Morgan fingerprint density at radius 3 is 2.19 bits per heavy atom. The second-order valence-corrected chi connectivity index (χ2v) is 5.87. The van der Waals surface area contributed by atoms with Crippen molar-refractivity contribution in [3.63, 3.8) is 0 Å². The Balaban J connectivity index is 1.66. The van der Waals surface area contributed by atoms with E-state index in [0.717, 1.165) is 0 Å². The molecule has 1 aromatic heterocycles. The summed E-state index contributed by atoms with van der Waals surface area (Å²) in [7, 11) is 3.09. The van der Waals surface area contributed by atoms with Crippen LogP contribution >= 0.6 is 0 Å². The number of pyridine rings is 1. The molecule has 0 spiro atoms. The first-order chi connectivity index (χ1) is 12.6. The lowest BCUT2D eigenvalue weighted by molar-refractivity contribution is 0.0530. The van der Waals surface area contributed by atoms with Crippen LogP contribution in [0.3, 0.4) is 0 Å². The minimum Gasteiger partial charge on any atom is -0.497 e. The molecule has 3 rings (SSSR count). The maximum Gasteiger partial charge on any atom is 0.272 e. The third kappa shape index (κ3) is 3.61. The number of ether oxygens (including phenoxy) is 2. The molecule has 2 amide bonds. The minimum atomic E-state index is -0.116. The highest BCUT2D eigenvalue weighted by Crippen LogP contribution is 2.26. The summed E-state index contributed by atoms with van der Waals surface area (Å²) in [5.41, 5.74) is 0.905. The normalized spacial score (nSPS) is 14.1. The van der Waals surface area contributed by atoms with Crippen molar-refractivity contribution in [3.8, 4) is 11.5 Å². The summed E-state index contributed by atoms with van der Waals surface area (Å²) >= 11 is 0. The summed E-state index contributed by atoms with van der Waals surface area (Å²) < 4.78 is 10.5. The predicted octanol–water partition coefficient (Wildman–Crippen LogP) is 1.70. The smallest absolute Gasteiger partial charge is 0.272 e. The monoisotopic (exact) mass is 355 g/mol. The van der Waals surface area contributed by atoms with E-state index in [4.69, 9.17) is 9.47 Å². The van der Waals surface area contributed by atoms with Gasteiger partial charge in [-0.25, -0.2) is 0 Å². The number of methoxy groups -OCH3 is 2.